The van der Waals surface area contributed by atoms with Gasteiger partial charge in [-0.05, 0) is 86.8 Å². The Hall–Kier alpha value is -3.00. The van der Waals surface area contributed by atoms with E-state index in [0.717, 1.165) is 43.4 Å². The average Bonchev–Trinajstić information content (AvgIpc) is 3.71. The molecular weight excluding hydrogens is 462 g/mol. The van der Waals surface area contributed by atoms with Crippen LogP contribution in [-0.4, -0.2) is 36.1 Å². The topological polar surface area (TPSA) is 112 Å². The molecule has 8 heteroatoms. The molecule has 3 saturated carbocycles. The number of amides is 1. The van der Waals surface area contributed by atoms with E-state index >= 15 is 0 Å². The molecule has 0 saturated heterocycles. The summed E-state index contributed by atoms with van der Waals surface area (Å²) >= 11 is 0. The van der Waals surface area contributed by atoms with Crippen molar-refractivity contribution in [2.45, 2.75) is 66.9 Å². The molecular formula is C27H29N3O4S. The Kier molecular flexibility index (Phi) is 5.14. The minimum Gasteiger partial charge on any atom is -0.477 e. The number of fused-ring (bicyclic) bond motifs is 1. The summed E-state index contributed by atoms with van der Waals surface area (Å²) in [5.74, 6) is 0.562. The number of primary amides is 1. The summed E-state index contributed by atoms with van der Waals surface area (Å²) in [7, 11) is -3.89. The van der Waals surface area contributed by atoms with Gasteiger partial charge in [-0.3, -0.25) is 9.78 Å². The number of nitrogens with two attached hydrogens (primary N) is 1. The number of rotatable bonds is 8. The van der Waals surface area contributed by atoms with Crippen LogP contribution in [0.25, 0.3) is 10.9 Å². The van der Waals surface area contributed by atoms with E-state index < -0.39 is 26.4 Å². The van der Waals surface area contributed by atoms with Gasteiger partial charge in [-0.15, -0.1) is 0 Å². The number of ether oxygens (including phenoxy) is 1. The number of carbonyl (C=O) groups is 1. The smallest absolute Gasteiger partial charge is 0.229 e. The summed E-state index contributed by atoms with van der Waals surface area (Å²) in [4.78, 5) is 22.3. The Labute approximate surface area is 205 Å². The Bertz CT molecular complexity index is 1450. The average molecular weight is 492 g/mol. The van der Waals surface area contributed by atoms with E-state index in [1.807, 2.05) is 19.2 Å². The molecule has 0 bridgehead atoms. The van der Waals surface area contributed by atoms with Gasteiger partial charge in [0.05, 0.1) is 27.7 Å². The van der Waals surface area contributed by atoms with E-state index in [9.17, 15) is 13.2 Å². The van der Waals surface area contributed by atoms with Crippen LogP contribution in [0.3, 0.4) is 0 Å². The van der Waals surface area contributed by atoms with Crippen LogP contribution in [-0.2, 0) is 20.0 Å². The van der Waals surface area contributed by atoms with Gasteiger partial charge in [0.15, 0.2) is 9.84 Å². The molecule has 3 aliphatic carbocycles. The standard InChI is InChI=1S/C27H29N3O4S/c1-16-8-11-20-22(30-16)6-3-7-23(20)35(32,33)24-13-27(24,26(28)31)21-12-19(18-4-2-5-18)14-29-25(21)34-15-17-9-10-17/h3,6-8,11-12,14,17-18,24H,2,4-5,9-10,13,15H2,1H3,(H2,28,31). The largest absolute Gasteiger partial charge is 0.477 e. The molecule has 0 radical (unpaired) electrons. The fourth-order valence-corrected chi connectivity index (χ4v) is 7.57. The first-order chi connectivity index (χ1) is 16.8. The van der Waals surface area contributed by atoms with Gasteiger partial charge in [0, 0.05) is 22.8 Å². The molecule has 2 heterocycles. The monoisotopic (exact) mass is 491 g/mol. The molecule has 2 unspecified atom stereocenters. The molecule has 1 amide bonds. The van der Waals surface area contributed by atoms with Crippen molar-refractivity contribution in [3.63, 3.8) is 0 Å². The van der Waals surface area contributed by atoms with Crippen molar-refractivity contribution in [2.24, 2.45) is 11.7 Å². The molecule has 35 heavy (non-hydrogen) atoms. The van der Waals surface area contributed by atoms with Crippen molar-refractivity contribution in [1.82, 2.24) is 9.97 Å². The lowest BCUT2D eigenvalue weighted by Gasteiger charge is -2.27. The SMILES string of the molecule is Cc1ccc2c(S(=O)(=O)C3CC3(C(N)=O)c3cc(C4CCC4)cnc3OCC3CC3)cccc2n1. The first-order valence-electron chi connectivity index (χ1n) is 12.3. The number of hydrogen-bond donors (Lipinski definition) is 1. The van der Waals surface area contributed by atoms with Crippen LogP contribution in [0.2, 0.25) is 0 Å². The van der Waals surface area contributed by atoms with Gasteiger partial charge in [-0.25, -0.2) is 13.4 Å². The molecule has 7 nitrogen and oxygen atoms in total. The van der Waals surface area contributed by atoms with E-state index in [1.165, 1.54) is 0 Å². The molecule has 2 N–H and O–H groups in total. The second kappa shape index (κ2) is 8.01. The highest BCUT2D eigenvalue weighted by Gasteiger charge is 2.68. The quantitative estimate of drug-likeness (QED) is 0.510. The maximum Gasteiger partial charge on any atom is 0.229 e. The van der Waals surface area contributed by atoms with E-state index in [1.54, 1.807) is 30.3 Å². The second-order valence-electron chi connectivity index (χ2n) is 10.4. The zero-order valence-corrected chi connectivity index (χ0v) is 20.6. The number of sulfone groups is 1. The molecule has 0 spiro atoms. The summed E-state index contributed by atoms with van der Waals surface area (Å²) in [6.07, 6.45) is 7.45. The van der Waals surface area contributed by atoms with E-state index in [2.05, 4.69) is 9.97 Å². The Morgan fingerprint density at radius 3 is 2.66 bits per heavy atom. The Balaban J connectivity index is 1.44. The molecule has 182 valence electrons. The lowest BCUT2D eigenvalue weighted by Crippen LogP contribution is -2.35. The molecule has 3 aromatic rings. The van der Waals surface area contributed by atoms with Crippen molar-refractivity contribution < 1.29 is 17.9 Å². The predicted octanol–water partition coefficient (Wildman–Crippen LogP) is 3.96. The Morgan fingerprint density at radius 2 is 1.97 bits per heavy atom. The molecule has 0 aliphatic heterocycles. The zero-order chi connectivity index (χ0) is 24.4. The normalized spacial score (nSPS) is 24.2. The van der Waals surface area contributed by atoms with Crippen LogP contribution in [0.15, 0.2) is 47.5 Å². The fourth-order valence-electron chi connectivity index (χ4n) is 5.26. The molecule has 3 fully saturated rings. The molecule has 2 aromatic heterocycles. The van der Waals surface area contributed by atoms with E-state index in [-0.39, 0.29) is 11.3 Å². The first-order valence-corrected chi connectivity index (χ1v) is 13.9. The maximum atomic E-state index is 14.0. The van der Waals surface area contributed by atoms with Crippen molar-refractivity contribution >= 4 is 26.6 Å². The highest BCUT2D eigenvalue weighted by atomic mass is 32.2. The summed E-state index contributed by atoms with van der Waals surface area (Å²) in [6.45, 7) is 2.38. The van der Waals surface area contributed by atoms with Crippen LogP contribution < -0.4 is 10.5 Å². The third-order valence-corrected chi connectivity index (χ3v) is 10.2. The summed E-state index contributed by atoms with van der Waals surface area (Å²) in [5, 5.41) is -0.420. The molecule has 6 rings (SSSR count). The van der Waals surface area contributed by atoms with E-state index in [0.29, 0.717) is 40.8 Å². The minimum absolute atomic E-state index is 0.121. The van der Waals surface area contributed by atoms with Crippen molar-refractivity contribution in [3.8, 4) is 5.88 Å². The minimum atomic E-state index is -3.89. The van der Waals surface area contributed by atoms with Gasteiger partial charge < -0.3 is 10.5 Å². The van der Waals surface area contributed by atoms with E-state index in [4.69, 9.17) is 10.5 Å². The highest BCUT2D eigenvalue weighted by Crippen LogP contribution is 2.57. The van der Waals surface area contributed by atoms with Gasteiger partial charge in [0.1, 0.15) is 0 Å². The van der Waals surface area contributed by atoms with Crippen LogP contribution in [0.1, 0.15) is 61.3 Å². The van der Waals surface area contributed by atoms with Crippen molar-refractivity contribution in [2.75, 3.05) is 6.61 Å². The summed E-state index contributed by atoms with van der Waals surface area (Å²) in [5.41, 5.74) is 7.59. The van der Waals surface area contributed by atoms with Gasteiger partial charge in [0.25, 0.3) is 0 Å². The Morgan fingerprint density at radius 1 is 1.17 bits per heavy atom. The van der Waals surface area contributed by atoms with Gasteiger partial charge in [0.2, 0.25) is 11.8 Å². The number of benzene rings is 1. The predicted molar refractivity (Wildman–Crippen MR) is 132 cm³/mol. The highest BCUT2D eigenvalue weighted by molar-refractivity contribution is 7.92. The van der Waals surface area contributed by atoms with Crippen LogP contribution in [0, 0.1) is 12.8 Å². The van der Waals surface area contributed by atoms with Crippen LogP contribution >= 0.6 is 0 Å². The number of aromatic nitrogens is 2. The summed E-state index contributed by atoms with van der Waals surface area (Å²) < 4.78 is 34.0. The summed E-state index contributed by atoms with van der Waals surface area (Å²) in [6, 6.07) is 10.6. The number of carbonyl (C=O) groups excluding carboxylic acids is 1. The molecule has 1 aromatic carbocycles. The molecule has 3 aliphatic rings. The molecule has 2 atom stereocenters. The number of aryl methyl sites for hydroxylation is 1. The fraction of sp³-hybridized carbons (Fsp3) is 0.444. The third-order valence-electron chi connectivity index (χ3n) is 7.93. The number of hydrogen-bond acceptors (Lipinski definition) is 6. The zero-order valence-electron chi connectivity index (χ0n) is 19.7. The lowest BCUT2D eigenvalue weighted by molar-refractivity contribution is -0.120. The third kappa shape index (κ3) is 3.69. The van der Waals surface area contributed by atoms with Crippen molar-refractivity contribution in [1.29, 1.82) is 0 Å². The van der Waals surface area contributed by atoms with Crippen LogP contribution in [0.4, 0.5) is 0 Å². The maximum absolute atomic E-state index is 14.0. The first kappa shape index (κ1) is 22.5. The number of nitrogens with zero attached hydrogens (tertiary/aromatic N) is 2. The van der Waals surface area contributed by atoms with Gasteiger partial charge in [-0.2, -0.15) is 0 Å². The van der Waals surface area contributed by atoms with Gasteiger partial charge in [-0.1, -0.05) is 12.5 Å². The van der Waals surface area contributed by atoms with Crippen molar-refractivity contribution in [3.05, 3.63) is 59.4 Å². The lowest BCUT2D eigenvalue weighted by atomic mass is 9.79. The van der Waals surface area contributed by atoms with Gasteiger partial charge >= 0.3 is 0 Å². The van der Waals surface area contributed by atoms with Crippen LogP contribution in [0.5, 0.6) is 5.88 Å². The second-order valence-corrected chi connectivity index (χ2v) is 12.5. The number of pyridine rings is 2.